The zero-order valence-electron chi connectivity index (χ0n) is 20.8. The Bertz CT molecular complexity index is 1100. The fraction of sp³-hybridized carbons (Fsp3) is 0.448. The lowest BCUT2D eigenvalue weighted by molar-refractivity contribution is -0.138. The number of methoxy groups -OCH3 is 2. The van der Waals surface area contributed by atoms with Gasteiger partial charge in [-0.3, -0.25) is 9.69 Å². The van der Waals surface area contributed by atoms with Gasteiger partial charge in [0.25, 0.3) is 0 Å². The van der Waals surface area contributed by atoms with E-state index < -0.39 is 0 Å². The third-order valence-corrected chi connectivity index (χ3v) is 7.47. The van der Waals surface area contributed by atoms with Crippen molar-refractivity contribution in [2.24, 2.45) is 16.9 Å². The summed E-state index contributed by atoms with van der Waals surface area (Å²) in [5.41, 5.74) is 4.34. The molecule has 5 rings (SSSR count). The highest BCUT2D eigenvalue weighted by Crippen LogP contribution is 2.37. The van der Waals surface area contributed by atoms with Crippen molar-refractivity contribution in [2.45, 2.75) is 45.2 Å². The number of hydrogen-bond acceptors (Lipinski definition) is 5. The molecular formula is C29H35N3O3. The second-order valence-electron chi connectivity index (χ2n) is 9.76. The van der Waals surface area contributed by atoms with Crippen molar-refractivity contribution in [1.29, 1.82) is 0 Å². The summed E-state index contributed by atoms with van der Waals surface area (Å²) in [6.07, 6.45) is 9.82. The molecule has 1 fully saturated rings. The highest BCUT2D eigenvalue weighted by molar-refractivity contribution is 6.07. The average molecular weight is 474 g/mol. The Morgan fingerprint density at radius 2 is 1.49 bits per heavy atom. The Hall–Kier alpha value is -3.12. The first-order valence-electron chi connectivity index (χ1n) is 12.7. The molecule has 0 radical (unpaired) electrons. The Morgan fingerprint density at radius 3 is 2.17 bits per heavy atom. The second-order valence-corrected chi connectivity index (χ2v) is 9.76. The maximum Gasteiger partial charge on any atom is 0.247 e. The molecule has 2 aromatic carbocycles. The van der Waals surface area contributed by atoms with E-state index in [4.69, 9.17) is 14.6 Å². The van der Waals surface area contributed by atoms with Gasteiger partial charge in [0.2, 0.25) is 5.91 Å². The number of piperidine rings is 1. The summed E-state index contributed by atoms with van der Waals surface area (Å²) in [6.45, 7) is 3.86. The molecule has 6 nitrogen and oxygen atoms in total. The van der Waals surface area contributed by atoms with Gasteiger partial charge in [-0.1, -0.05) is 42.8 Å². The van der Waals surface area contributed by atoms with Crippen LogP contribution in [0.25, 0.3) is 0 Å². The van der Waals surface area contributed by atoms with Crippen molar-refractivity contribution in [1.82, 2.24) is 9.91 Å². The molecule has 1 saturated heterocycles. The number of hydrazone groups is 1. The number of fused-ring (bicyclic) bond motifs is 1. The summed E-state index contributed by atoms with van der Waals surface area (Å²) in [5, 5.41) is 6.59. The standard InChI is InChI=1S/C29H35N3O3/c1-34-26-15-14-23(18-27(26)35-2)28-24-8-4-5-9-25(24)29(33)32(30-28)20-22-12-10-21(11-13-22)19-31-16-6-3-7-17-31/h4-5,10-15,18,24-25H,3,6-9,16-17,19-20H2,1-2H3/t24-,25+/m0/s1. The minimum absolute atomic E-state index is 0.0776. The second kappa shape index (κ2) is 10.6. The topological polar surface area (TPSA) is 54.4 Å². The first-order chi connectivity index (χ1) is 17.2. The van der Waals surface area contributed by atoms with E-state index in [1.165, 1.54) is 37.9 Å². The molecule has 0 saturated carbocycles. The number of amides is 1. The summed E-state index contributed by atoms with van der Waals surface area (Å²) in [7, 11) is 3.27. The highest BCUT2D eigenvalue weighted by atomic mass is 16.5. The van der Waals surface area contributed by atoms with Crippen molar-refractivity contribution in [2.75, 3.05) is 27.3 Å². The van der Waals surface area contributed by atoms with Crippen molar-refractivity contribution in [3.05, 3.63) is 71.3 Å². The van der Waals surface area contributed by atoms with Gasteiger partial charge in [0.15, 0.2) is 11.5 Å². The Kier molecular flexibility index (Phi) is 7.19. The van der Waals surface area contributed by atoms with Gasteiger partial charge in [-0.05, 0) is 68.1 Å². The zero-order chi connectivity index (χ0) is 24.2. The number of ether oxygens (including phenoxy) is 2. The number of carbonyl (C=O) groups is 1. The van der Waals surface area contributed by atoms with Crippen LogP contribution in [0.4, 0.5) is 0 Å². The molecule has 6 heteroatoms. The minimum Gasteiger partial charge on any atom is -0.493 e. The summed E-state index contributed by atoms with van der Waals surface area (Å²) >= 11 is 0. The molecule has 1 amide bonds. The predicted octanol–water partition coefficient (Wildman–Crippen LogP) is 5.02. The minimum atomic E-state index is -0.0843. The fourth-order valence-electron chi connectivity index (χ4n) is 5.51. The summed E-state index contributed by atoms with van der Waals surface area (Å²) in [6, 6.07) is 14.6. The van der Waals surface area contributed by atoms with Crippen molar-refractivity contribution < 1.29 is 14.3 Å². The monoisotopic (exact) mass is 473 g/mol. The van der Waals surface area contributed by atoms with E-state index in [9.17, 15) is 4.79 Å². The van der Waals surface area contributed by atoms with Crippen molar-refractivity contribution in [3.8, 4) is 11.5 Å². The van der Waals surface area contributed by atoms with E-state index in [1.54, 1.807) is 19.2 Å². The largest absolute Gasteiger partial charge is 0.493 e. The normalized spacial score (nSPS) is 22.5. The Balaban J connectivity index is 1.38. The van der Waals surface area contributed by atoms with E-state index in [0.29, 0.717) is 18.0 Å². The molecule has 0 unspecified atom stereocenters. The van der Waals surface area contributed by atoms with E-state index in [2.05, 4.69) is 41.3 Å². The van der Waals surface area contributed by atoms with Crippen molar-refractivity contribution >= 4 is 11.6 Å². The van der Waals surface area contributed by atoms with Gasteiger partial charge < -0.3 is 9.47 Å². The number of benzene rings is 2. The van der Waals surface area contributed by atoms with Crippen LogP contribution in [0.15, 0.2) is 59.7 Å². The van der Waals surface area contributed by atoms with Crippen LogP contribution in [0.5, 0.6) is 11.5 Å². The molecule has 0 spiro atoms. The van der Waals surface area contributed by atoms with Crippen LogP contribution in [-0.2, 0) is 17.9 Å². The number of allylic oxidation sites excluding steroid dienone is 2. The zero-order valence-corrected chi connectivity index (χ0v) is 20.8. The summed E-state index contributed by atoms with van der Waals surface area (Å²) in [5.74, 6) is 1.46. The van der Waals surface area contributed by atoms with Gasteiger partial charge in [-0.2, -0.15) is 5.10 Å². The molecule has 3 aliphatic rings. The fourth-order valence-corrected chi connectivity index (χ4v) is 5.51. The average Bonchev–Trinajstić information content (AvgIpc) is 2.91. The summed E-state index contributed by atoms with van der Waals surface area (Å²) in [4.78, 5) is 16.0. The lowest BCUT2D eigenvalue weighted by Crippen LogP contribution is -2.45. The van der Waals surface area contributed by atoms with Crippen LogP contribution in [-0.4, -0.2) is 48.8 Å². The molecule has 35 heavy (non-hydrogen) atoms. The van der Waals surface area contributed by atoms with Crippen molar-refractivity contribution in [3.63, 3.8) is 0 Å². The van der Waals surface area contributed by atoms with Crippen LogP contribution in [0.1, 0.15) is 48.8 Å². The van der Waals surface area contributed by atoms with Gasteiger partial charge in [-0.25, -0.2) is 5.01 Å². The maximum absolute atomic E-state index is 13.4. The van der Waals surface area contributed by atoms with Crippen LogP contribution in [0.3, 0.4) is 0 Å². The maximum atomic E-state index is 13.4. The third kappa shape index (κ3) is 5.13. The molecule has 2 atom stereocenters. The predicted molar refractivity (Wildman–Crippen MR) is 138 cm³/mol. The Morgan fingerprint density at radius 1 is 0.829 bits per heavy atom. The van der Waals surface area contributed by atoms with Gasteiger partial charge in [0, 0.05) is 18.0 Å². The number of carbonyl (C=O) groups excluding carboxylic acids is 1. The van der Waals surface area contributed by atoms with Gasteiger partial charge in [0.1, 0.15) is 0 Å². The van der Waals surface area contributed by atoms with E-state index in [1.807, 2.05) is 18.2 Å². The smallest absolute Gasteiger partial charge is 0.247 e. The van der Waals surface area contributed by atoms with E-state index in [0.717, 1.165) is 36.2 Å². The quantitative estimate of drug-likeness (QED) is 0.530. The molecule has 1 aliphatic carbocycles. The lowest BCUT2D eigenvalue weighted by atomic mass is 9.76. The molecule has 0 bridgehead atoms. The molecule has 184 valence electrons. The van der Waals surface area contributed by atoms with Crippen LogP contribution >= 0.6 is 0 Å². The molecule has 0 N–H and O–H groups in total. The SMILES string of the molecule is COc1ccc(C2=NN(Cc3ccc(CN4CCCCC4)cc3)C(=O)[C@@H]3CC=CC[C@H]23)cc1OC. The number of hydrogen-bond donors (Lipinski definition) is 0. The number of nitrogens with zero attached hydrogens (tertiary/aromatic N) is 3. The Labute approximate surface area is 208 Å². The number of likely N-dealkylation sites (tertiary alicyclic amines) is 1. The van der Waals surface area contributed by atoms with Gasteiger partial charge in [-0.15, -0.1) is 0 Å². The van der Waals surface area contributed by atoms with Crippen LogP contribution < -0.4 is 9.47 Å². The van der Waals surface area contributed by atoms with E-state index >= 15 is 0 Å². The third-order valence-electron chi connectivity index (χ3n) is 7.47. The highest BCUT2D eigenvalue weighted by Gasteiger charge is 2.40. The molecule has 2 heterocycles. The first kappa shape index (κ1) is 23.6. The molecule has 0 aromatic heterocycles. The summed E-state index contributed by atoms with van der Waals surface area (Å²) < 4.78 is 11.0. The molecular weight excluding hydrogens is 438 g/mol. The first-order valence-corrected chi connectivity index (χ1v) is 12.7. The van der Waals surface area contributed by atoms with Gasteiger partial charge in [0.05, 0.1) is 32.4 Å². The lowest BCUT2D eigenvalue weighted by Gasteiger charge is -2.37. The van der Waals surface area contributed by atoms with Crippen LogP contribution in [0, 0.1) is 11.8 Å². The number of rotatable bonds is 7. The molecule has 2 aromatic rings. The molecule has 2 aliphatic heterocycles. The van der Waals surface area contributed by atoms with Crippen LogP contribution in [0.2, 0.25) is 0 Å². The van der Waals surface area contributed by atoms with E-state index in [-0.39, 0.29) is 17.7 Å². The van der Waals surface area contributed by atoms with Gasteiger partial charge >= 0.3 is 0 Å².